The van der Waals surface area contributed by atoms with E-state index in [-0.39, 0.29) is 17.9 Å². The van der Waals surface area contributed by atoms with E-state index in [2.05, 4.69) is 21.2 Å². The van der Waals surface area contributed by atoms with Crippen molar-refractivity contribution in [3.05, 3.63) is 33.8 Å². The topological polar surface area (TPSA) is 66.4 Å². The summed E-state index contributed by atoms with van der Waals surface area (Å²) < 4.78 is 0.832. The first-order valence-electron chi connectivity index (χ1n) is 4.59. The molecule has 1 amide bonds. The standard InChI is InChI=1S/C11H8BrNO3/c12-8-2-1-6-3-7(11(15)16)4-10(14)13-9(6)5-8/h1-3,5H,4H2,(H,13,14)(H,15,16). The fourth-order valence-electron chi connectivity index (χ4n) is 1.51. The molecule has 1 aromatic rings. The van der Waals surface area contributed by atoms with Crippen LogP contribution in [0, 0.1) is 0 Å². The molecular weight excluding hydrogens is 274 g/mol. The molecule has 16 heavy (non-hydrogen) atoms. The summed E-state index contributed by atoms with van der Waals surface area (Å²) in [4.78, 5) is 22.3. The lowest BCUT2D eigenvalue weighted by Crippen LogP contribution is -2.13. The molecular formula is C11H8BrNO3. The van der Waals surface area contributed by atoms with Gasteiger partial charge in [0.2, 0.25) is 5.91 Å². The van der Waals surface area contributed by atoms with E-state index in [1.54, 1.807) is 18.2 Å². The van der Waals surface area contributed by atoms with Crippen LogP contribution in [0.3, 0.4) is 0 Å². The Morgan fingerprint density at radius 1 is 1.44 bits per heavy atom. The number of carboxylic acids is 1. The number of hydrogen-bond donors (Lipinski definition) is 2. The normalized spacial score (nSPS) is 14.6. The number of amides is 1. The molecule has 0 atom stereocenters. The molecule has 0 saturated heterocycles. The van der Waals surface area contributed by atoms with Gasteiger partial charge in [0, 0.05) is 15.7 Å². The second kappa shape index (κ2) is 4.09. The number of benzene rings is 1. The monoisotopic (exact) mass is 281 g/mol. The van der Waals surface area contributed by atoms with Crippen molar-refractivity contribution in [3.8, 4) is 0 Å². The molecule has 0 fully saturated rings. The number of carbonyl (C=O) groups is 2. The van der Waals surface area contributed by atoms with E-state index >= 15 is 0 Å². The number of anilines is 1. The second-order valence-corrected chi connectivity index (χ2v) is 4.35. The molecule has 0 unspecified atom stereocenters. The molecule has 1 aliphatic rings. The van der Waals surface area contributed by atoms with Crippen LogP contribution in [0.5, 0.6) is 0 Å². The predicted molar refractivity (Wildman–Crippen MR) is 63.0 cm³/mol. The lowest BCUT2D eigenvalue weighted by molar-refractivity contribution is -0.133. The van der Waals surface area contributed by atoms with E-state index in [4.69, 9.17) is 5.11 Å². The minimum absolute atomic E-state index is 0.0959. The molecule has 2 N–H and O–H groups in total. The van der Waals surface area contributed by atoms with Crippen molar-refractivity contribution in [2.45, 2.75) is 6.42 Å². The van der Waals surface area contributed by atoms with Gasteiger partial charge in [-0.2, -0.15) is 0 Å². The van der Waals surface area contributed by atoms with Crippen LogP contribution in [-0.2, 0) is 9.59 Å². The van der Waals surface area contributed by atoms with Gasteiger partial charge in [0.25, 0.3) is 0 Å². The molecule has 4 nitrogen and oxygen atoms in total. The minimum atomic E-state index is -1.06. The summed E-state index contributed by atoms with van der Waals surface area (Å²) in [5.41, 5.74) is 1.42. The molecule has 0 aliphatic carbocycles. The summed E-state index contributed by atoms with van der Waals surface area (Å²) in [5, 5.41) is 11.6. The molecule has 1 heterocycles. The van der Waals surface area contributed by atoms with Gasteiger partial charge in [0.05, 0.1) is 6.42 Å². The summed E-state index contributed by atoms with van der Waals surface area (Å²) in [5.74, 6) is -1.38. The Morgan fingerprint density at radius 3 is 2.88 bits per heavy atom. The van der Waals surface area contributed by atoms with Crippen molar-refractivity contribution < 1.29 is 14.7 Å². The smallest absolute Gasteiger partial charge is 0.332 e. The molecule has 82 valence electrons. The van der Waals surface area contributed by atoms with E-state index in [1.807, 2.05) is 0 Å². The van der Waals surface area contributed by atoms with E-state index in [0.717, 1.165) is 4.47 Å². The Labute approximate surface area is 100 Å². The molecule has 0 spiro atoms. The van der Waals surface area contributed by atoms with Gasteiger partial charge in [-0.1, -0.05) is 22.0 Å². The quantitative estimate of drug-likeness (QED) is 0.830. The van der Waals surface area contributed by atoms with Crippen molar-refractivity contribution in [1.29, 1.82) is 0 Å². The zero-order chi connectivity index (χ0) is 11.7. The Morgan fingerprint density at radius 2 is 2.19 bits per heavy atom. The van der Waals surface area contributed by atoms with Crippen LogP contribution in [0.25, 0.3) is 6.08 Å². The Hall–Kier alpha value is -1.62. The van der Waals surface area contributed by atoms with Crippen LogP contribution < -0.4 is 5.32 Å². The number of carboxylic acid groups (broad SMARTS) is 1. The highest BCUT2D eigenvalue weighted by atomic mass is 79.9. The first kappa shape index (κ1) is 10.9. The van der Waals surface area contributed by atoms with E-state index in [0.29, 0.717) is 11.3 Å². The maximum Gasteiger partial charge on any atom is 0.332 e. The third-order valence-corrected chi connectivity index (χ3v) is 2.74. The second-order valence-electron chi connectivity index (χ2n) is 3.43. The molecule has 0 radical (unpaired) electrons. The highest BCUT2D eigenvalue weighted by molar-refractivity contribution is 9.10. The van der Waals surface area contributed by atoms with Crippen LogP contribution in [0.1, 0.15) is 12.0 Å². The third kappa shape index (κ3) is 2.14. The van der Waals surface area contributed by atoms with Gasteiger partial charge in [-0.15, -0.1) is 0 Å². The summed E-state index contributed by atoms with van der Waals surface area (Å²) in [6, 6.07) is 5.30. The highest BCUT2D eigenvalue weighted by Gasteiger charge is 2.18. The number of halogens is 1. The SMILES string of the molecule is O=C1CC(C(=O)O)=Cc2ccc(Br)cc2N1. The maximum atomic E-state index is 11.4. The minimum Gasteiger partial charge on any atom is -0.478 e. The third-order valence-electron chi connectivity index (χ3n) is 2.24. The molecule has 0 bridgehead atoms. The van der Waals surface area contributed by atoms with Crippen molar-refractivity contribution in [2.24, 2.45) is 0 Å². The van der Waals surface area contributed by atoms with Crippen molar-refractivity contribution in [3.63, 3.8) is 0 Å². The van der Waals surface area contributed by atoms with Crippen LogP contribution in [0.15, 0.2) is 28.2 Å². The molecule has 0 aromatic heterocycles. The fourth-order valence-corrected chi connectivity index (χ4v) is 1.87. The van der Waals surface area contributed by atoms with Gasteiger partial charge >= 0.3 is 5.97 Å². The number of fused-ring (bicyclic) bond motifs is 1. The van der Waals surface area contributed by atoms with Gasteiger partial charge in [0.1, 0.15) is 0 Å². The fraction of sp³-hybridized carbons (Fsp3) is 0.0909. The van der Waals surface area contributed by atoms with Gasteiger partial charge < -0.3 is 10.4 Å². The summed E-state index contributed by atoms with van der Waals surface area (Å²) in [6.45, 7) is 0. The first-order valence-corrected chi connectivity index (χ1v) is 5.39. The van der Waals surface area contributed by atoms with Gasteiger partial charge in [-0.05, 0) is 23.8 Å². The lowest BCUT2D eigenvalue weighted by Gasteiger charge is -2.05. The molecule has 0 saturated carbocycles. The van der Waals surface area contributed by atoms with Crippen LogP contribution in [-0.4, -0.2) is 17.0 Å². The number of hydrogen-bond acceptors (Lipinski definition) is 2. The highest BCUT2D eigenvalue weighted by Crippen LogP contribution is 2.27. The number of rotatable bonds is 1. The van der Waals surface area contributed by atoms with Crippen LogP contribution in [0.2, 0.25) is 0 Å². The van der Waals surface area contributed by atoms with Crippen LogP contribution >= 0.6 is 15.9 Å². The average molecular weight is 282 g/mol. The maximum absolute atomic E-state index is 11.4. The van der Waals surface area contributed by atoms with Crippen molar-refractivity contribution >= 4 is 39.6 Å². The van der Waals surface area contributed by atoms with Gasteiger partial charge in [-0.25, -0.2) is 4.79 Å². The zero-order valence-corrected chi connectivity index (χ0v) is 9.74. The van der Waals surface area contributed by atoms with E-state index in [9.17, 15) is 9.59 Å². The summed E-state index contributed by atoms with van der Waals surface area (Å²) >= 11 is 3.29. The molecule has 5 heteroatoms. The Balaban J connectivity index is 2.54. The van der Waals surface area contributed by atoms with Gasteiger partial charge in [-0.3, -0.25) is 4.79 Å². The van der Waals surface area contributed by atoms with E-state index in [1.165, 1.54) is 6.08 Å². The predicted octanol–water partition coefficient (Wildman–Crippen LogP) is 2.26. The van der Waals surface area contributed by atoms with Gasteiger partial charge in [0.15, 0.2) is 0 Å². The summed E-state index contributed by atoms with van der Waals surface area (Å²) in [6.07, 6.45) is 1.41. The first-order chi connectivity index (χ1) is 7.56. The van der Waals surface area contributed by atoms with Crippen molar-refractivity contribution in [1.82, 2.24) is 0 Å². The average Bonchev–Trinajstić information content (AvgIpc) is 2.35. The van der Waals surface area contributed by atoms with Crippen molar-refractivity contribution in [2.75, 3.05) is 5.32 Å². The number of aliphatic carboxylic acids is 1. The summed E-state index contributed by atoms with van der Waals surface area (Å²) in [7, 11) is 0. The Bertz CT molecular complexity index is 508. The lowest BCUT2D eigenvalue weighted by atomic mass is 10.1. The zero-order valence-electron chi connectivity index (χ0n) is 8.16. The number of carbonyl (C=O) groups excluding carboxylic acids is 1. The number of nitrogens with one attached hydrogen (secondary N) is 1. The Kier molecular flexibility index (Phi) is 2.78. The molecule has 1 aromatic carbocycles. The molecule has 2 rings (SSSR count). The molecule has 1 aliphatic heterocycles. The largest absolute Gasteiger partial charge is 0.478 e. The van der Waals surface area contributed by atoms with E-state index < -0.39 is 5.97 Å². The van der Waals surface area contributed by atoms with Crippen LogP contribution in [0.4, 0.5) is 5.69 Å².